The van der Waals surface area contributed by atoms with Crippen molar-refractivity contribution in [1.29, 1.82) is 0 Å². The first-order valence-electron chi connectivity index (χ1n) is 6.34. The largest absolute Gasteiger partial charge is 0.495 e. The van der Waals surface area contributed by atoms with E-state index in [9.17, 15) is 0 Å². The summed E-state index contributed by atoms with van der Waals surface area (Å²) in [6, 6.07) is 3.93. The van der Waals surface area contributed by atoms with E-state index < -0.39 is 0 Å². The average molecular weight is 331 g/mol. The van der Waals surface area contributed by atoms with Gasteiger partial charge in [0.15, 0.2) is 0 Å². The van der Waals surface area contributed by atoms with E-state index in [2.05, 4.69) is 42.1 Å². The molecule has 108 valence electrons. The van der Waals surface area contributed by atoms with Gasteiger partial charge in [-0.1, -0.05) is 20.8 Å². The van der Waals surface area contributed by atoms with Crippen LogP contribution in [0.15, 0.2) is 16.6 Å². The summed E-state index contributed by atoms with van der Waals surface area (Å²) in [6.45, 7) is 6.53. The molecule has 1 aromatic carbocycles. The molecule has 1 aromatic rings. The topological polar surface area (TPSA) is 56.5 Å². The van der Waals surface area contributed by atoms with E-state index in [-0.39, 0.29) is 6.04 Å². The summed E-state index contributed by atoms with van der Waals surface area (Å²) >= 11 is 3.52. The molecule has 1 rings (SSSR count). The molecule has 0 fully saturated rings. The van der Waals surface area contributed by atoms with Gasteiger partial charge in [-0.05, 0) is 39.9 Å². The summed E-state index contributed by atoms with van der Waals surface area (Å²) in [5.74, 6) is 8.12. The fourth-order valence-electron chi connectivity index (χ4n) is 2.07. The Hall–Kier alpha value is -0.780. The predicted octanol–water partition coefficient (Wildman–Crippen LogP) is 3.26. The molecule has 4 nitrogen and oxygen atoms in total. The van der Waals surface area contributed by atoms with Crippen molar-refractivity contribution in [3.63, 3.8) is 0 Å². The first-order chi connectivity index (χ1) is 8.97. The van der Waals surface area contributed by atoms with E-state index in [1.165, 1.54) is 0 Å². The van der Waals surface area contributed by atoms with Crippen LogP contribution >= 0.6 is 15.9 Å². The maximum atomic E-state index is 5.74. The molecule has 2 atom stereocenters. The van der Waals surface area contributed by atoms with Crippen molar-refractivity contribution in [2.45, 2.75) is 26.8 Å². The third-order valence-electron chi connectivity index (χ3n) is 3.61. The van der Waals surface area contributed by atoms with Crippen molar-refractivity contribution >= 4 is 15.9 Å². The number of methoxy groups -OCH3 is 2. The van der Waals surface area contributed by atoms with Crippen LogP contribution < -0.4 is 20.7 Å². The van der Waals surface area contributed by atoms with Gasteiger partial charge in [0.1, 0.15) is 16.0 Å². The zero-order valence-electron chi connectivity index (χ0n) is 12.2. The zero-order valence-corrected chi connectivity index (χ0v) is 13.7. The number of hydrazine groups is 1. The van der Waals surface area contributed by atoms with Gasteiger partial charge >= 0.3 is 0 Å². The van der Waals surface area contributed by atoms with Crippen molar-refractivity contribution < 1.29 is 9.47 Å². The van der Waals surface area contributed by atoms with Crippen molar-refractivity contribution in [2.75, 3.05) is 14.2 Å². The second-order valence-electron chi connectivity index (χ2n) is 4.95. The Bertz CT molecular complexity index is 424. The standard InChI is InChI=1S/C14H23BrN2O2/c1-8(2)9(3)13(17-16)10-6-7-11(18-4)12(15)14(10)19-5/h6-9,13,17H,16H2,1-5H3. The molecule has 0 saturated heterocycles. The summed E-state index contributed by atoms with van der Waals surface area (Å²) in [6.07, 6.45) is 0. The van der Waals surface area contributed by atoms with Crippen LogP contribution in [0.3, 0.4) is 0 Å². The number of halogens is 1. The second-order valence-corrected chi connectivity index (χ2v) is 5.74. The van der Waals surface area contributed by atoms with E-state index in [1.807, 2.05) is 12.1 Å². The Morgan fingerprint density at radius 1 is 1.16 bits per heavy atom. The highest BCUT2D eigenvalue weighted by Gasteiger charge is 2.26. The van der Waals surface area contributed by atoms with Crippen LogP contribution in [0.2, 0.25) is 0 Å². The van der Waals surface area contributed by atoms with Gasteiger partial charge in [-0.15, -0.1) is 0 Å². The molecule has 3 N–H and O–H groups in total. The molecule has 0 aliphatic carbocycles. The van der Waals surface area contributed by atoms with Crippen LogP contribution in [-0.2, 0) is 0 Å². The van der Waals surface area contributed by atoms with E-state index in [4.69, 9.17) is 15.3 Å². The van der Waals surface area contributed by atoms with E-state index in [1.54, 1.807) is 14.2 Å². The lowest BCUT2D eigenvalue weighted by atomic mass is 9.86. The zero-order chi connectivity index (χ0) is 14.6. The number of nitrogens with two attached hydrogens (primary N) is 1. The molecule has 0 aliphatic rings. The molecule has 0 spiro atoms. The lowest BCUT2D eigenvalue weighted by molar-refractivity contribution is 0.295. The maximum absolute atomic E-state index is 5.74. The number of hydrogen-bond acceptors (Lipinski definition) is 4. The summed E-state index contributed by atoms with van der Waals surface area (Å²) in [4.78, 5) is 0. The molecular weight excluding hydrogens is 308 g/mol. The third-order valence-corrected chi connectivity index (χ3v) is 4.36. The van der Waals surface area contributed by atoms with E-state index in [0.29, 0.717) is 11.8 Å². The summed E-state index contributed by atoms with van der Waals surface area (Å²) in [5.41, 5.74) is 3.92. The first kappa shape index (κ1) is 16.3. The van der Waals surface area contributed by atoms with Gasteiger partial charge in [0, 0.05) is 5.56 Å². The summed E-state index contributed by atoms with van der Waals surface area (Å²) in [5, 5.41) is 0. The van der Waals surface area contributed by atoms with Crippen LogP contribution in [0.5, 0.6) is 11.5 Å². The molecule has 19 heavy (non-hydrogen) atoms. The smallest absolute Gasteiger partial charge is 0.141 e. The molecular formula is C14H23BrN2O2. The van der Waals surface area contributed by atoms with Gasteiger partial charge in [0.2, 0.25) is 0 Å². The lowest BCUT2D eigenvalue weighted by Gasteiger charge is -2.28. The van der Waals surface area contributed by atoms with Gasteiger partial charge in [-0.2, -0.15) is 0 Å². The Morgan fingerprint density at radius 2 is 1.79 bits per heavy atom. The first-order valence-corrected chi connectivity index (χ1v) is 7.13. The minimum atomic E-state index is 0.0251. The van der Waals surface area contributed by atoms with Crippen LogP contribution in [-0.4, -0.2) is 14.2 Å². The predicted molar refractivity (Wildman–Crippen MR) is 81.3 cm³/mol. The molecule has 0 bridgehead atoms. The molecule has 2 unspecified atom stereocenters. The Morgan fingerprint density at radius 3 is 2.21 bits per heavy atom. The molecule has 0 aliphatic heterocycles. The molecule has 0 heterocycles. The van der Waals surface area contributed by atoms with Crippen molar-refractivity contribution in [2.24, 2.45) is 17.7 Å². The van der Waals surface area contributed by atoms with E-state index >= 15 is 0 Å². The quantitative estimate of drug-likeness (QED) is 0.621. The van der Waals surface area contributed by atoms with Gasteiger partial charge in [-0.25, -0.2) is 0 Å². The highest BCUT2D eigenvalue weighted by atomic mass is 79.9. The fraction of sp³-hybridized carbons (Fsp3) is 0.571. The molecule has 0 amide bonds. The lowest BCUT2D eigenvalue weighted by Crippen LogP contribution is -2.34. The number of benzene rings is 1. The number of hydrogen-bond donors (Lipinski definition) is 2. The molecule has 0 radical (unpaired) electrons. The van der Waals surface area contributed by atoms with Gasteiger partial charge in [0.05, 0.1) is 20.3 Å². The highest BCUT2D eigenvalue weighted by molar-refractivity contribution is 9.10. The third kappa shape index (κ3) is 3.41. The maximum Gasteiger partial charge on any atom is 0.141 e. The fourth-order valence-corrected chi connectivity index (χ4v) is 2.76. The van der Waals surface area contributed by atoms with Gasteiger partial charge < -0.3 is 9.47 Å². The second kappa shape index (κ2) is 7.12. The van der Waals surface area contributed by atoms with Gasteiger partial charge in [0.25, 0.3) is 0 Å². The Balaban J connectivity index is 3.28. The van der Waals surface area contributed by atoms with Gasteiger partial charge in [-0.3, -0.25) is 11.3 Å². The molecule has 0 aromatic heterocycles. The van der Waals surface area contributed by atoms with Crippen LogP contribution in [0, 0.1) is 11.8 Å². The molecule has 0 saturated carbocycles. The number of rotatable bonds is 6. The van der Waals surface area contributed by atoms with Crippen LogP contribution in [0.1, 0.15) is 32.4 Å². The van der Waals surface area contributed by atoms with E-state index in [0.717, 1.165) is 21.5 Å². The number of ether oxygens (including phenoxy) is 2. The minimum absolute atomic E-state index is 0.0251. The summed E-state index contributed by atoms with van der Waals surface area (Å²) in [7, 11) is 3.28. The summed E-state index contributed by atoms with van der Waals surface area (Å²) < 4.78 is 11.6. The Labute approximate surface area is 123 Å². The monoisotopic (exact) mass is 330 g/mol. The highest BCUT2D eigenvalue weighted by Crippen LogP contribution is 2.42. The van der Waals surface area contributed by atoms with Crippen molar-refractivity contribution in [1.82, 2.24) is 5.43 Å². The number of nitrogens with one attached hydrogen (secondary N) is 1. The van der Waals surface area contributed by atoms with Crippen LogP contribution in [0.25, 0.3) is 0 Å². The normalized spacial score (nSPS) is 14.3. The SMILES string of the molecule is COc1ccc(C(NN)C(C)C(C)C)c(OC)c1Br. The molecule has 5 heteroatoms. The van der Waals surface area contributed by atoms with Crippen LogP contribution in [0.4, 0.5) is 0 Å². The van der Waals surface area contributed by atoms with Crippen molar-refractivity contribution in [3.8, 4) is 11.5 Å². The van der Waals surface area contributed by atoms with Crippen molar-refractivity contribution in [3.05, 3.63) is 22.2 Å². The average Bonchev–Trinajstić information content (AvgIpc) is 2.39. The minimum Gasteiger partial charge on any atom is -0.495 e. The Kier molecular flexibility index (Phi) is 6.10.